The molecular weight excluding hydrogens is 218 g/mol. The third-order valence-electron chi connectivity index (χ3n) is 3.85. The number of nitrogens with zero attached hydrogens (tertiary/aromatic N) is 1. The van der Waals surface area contributed by atoms with Gasteiger partial charge in [0.1, 0.15) is 0 Å². The maximum Gasteiger partial charge on any atom is 0.227 e. The third kappa shape index (κ3) is 3.18. The van der Waals surface area contributed by atoms with Gasteiger partial charge in [-0.3, -0.25) is 9.69 Å². The first-order chi connectivity index (χ1) is 8.09. The highest BCUT2D eigenvalue weighted by Crippen LogP contribution is 2.26. The summed E-state index contributed by atoms with van der Waals surface area (Å²) in [5, 5.41) is 2.98. The van der Waals surface area contributed by atoms with Gasteiger partial charge >= 0.3 is 0 Å². The number of nitrogens with two attached hydrogens (primary N) is 1. The van der Waals surface area contributed by atoms with Crippen LogP contribution in [0, 0.1) is 5.92 Å². The second-order valence-electron chi connectivity index (χ2n) is 5.30. The molecule has 1 aliphatic heterocycles. The molecule has 1 saturated carbocycles. The van der Waals surface area contributed by atoms with Crippen molar-refractivity contribution in [1.82, 2.24) is 10.2 Å². The minimum Gasteiger partial charge on any atom is -0.379 e. The van der Waals surface area contributed by atoms with Crippen LogP contribution in [0.1, 0.15) is 19.8 Å². The Morgan fingerprint density at radius 2 is 2.24 bits per heavy atom. The molecule has 1 aliphatic carbocycles. The number of likely N-dealkylation sites (N-methyl/N-ethyl adjacent to an activating group) is 1. The van der Waals surface area contributed by atoms with Gasteiger partial charge in [-0.15, -0.1) is 0 Å². The number of rotatable bonds is 5. The molecule has 0 aromatic rings. The Hall–Kier alpha value is -0.650. The summed E-state index contributed by atoms with van der Waals surface area (Å²) < 4.78 is 5.20. The summed E-state index contributed by atoms with van der Waals surface area (Å²) in [7, 11) is 2.12. The smallest absolute Gasteiger partial charge is 0.227 e. The van der Waals surface area contributed by atoms with Crippen molar-refractivity contribution in [1.29, 1.82) is 0 Å². The van der Waals surface area contributed by atoms with Crippen LogP contribution in [0.15, 0.2) is 0 Å². The van der Waals surface area contributed by atoms with Crippen molar-refractivity contribution in [3.05, 3.63) is 0 Å². The molecule has 0 spiro atoms. The molecule has 5 heteroatoms. The van der Waals surface area contributed by atoms with Gasteiger partial charge in [-0.1, -0.05) is 0 Å². The van der Waals surface area contributed by atoms with Crippen LogP contribution in [-0.2, 0) is 9.53 Å². The minimum absolute atomic E-state index is 0.0334. The van der Waals surface area contributed by atoms with E-state index in [-0.39, 0.29) is 17.9 Å². The van der Waals surface area contributed by atoms with Crippen LogP contribution in [0.2, 0.25) is 0 Å². The second kappa shape index (κ2) is 5.33. The molecule has 1 saturated heterocycles. The summed E-state index contributed by atoms with van der Waals surface area (Å²) in [4.78, 5) is 14.2. The van der Waals surface area contributed by atoms with Crippen LogP contribution in [-0.4, -0.2) is 55.7 Å². The highest BCUT2D eigenvalue weighted by molar-refractivity contribution is 5.79. The molecule has 98 valence electrons. The van der Waals surface area contributed by atoms with Gasteiger partial charge in [0.25, 0.3) is 0 Å². The van der Waals surface area contributed by atoms with Gasteiger partial charge in [0.15, 0.2) is 0 Å². The zero-order valence-electron chi connectivity index (χ0n) is 10.7. The van der Waals surface area contributed by atoms with E-state index >= 15 is 0 Å². The Kier molecular flexibility index (Phi) is 4.01. The van der Waals surface area contributed by atoms with Gasteiger partial charge in [-0.05, 0) is 26.8 Å². The van der Waals surface area contributed by atoms with E-state index in [4.69, 9.17) is 10.5 Å². The number of hydrogen-bond donors (Lipinski definition) is 2. The molecule has 2 rings (SSSR count). The number of amides is 1. The lowest BCUT2D eigenvalue weighted by Crippen LogP contribution is -2.46. The van der Waals surface area contributed by atoms with Crippen molar-refractivity contribution in [2.45, 2.75) is 37.9 Å². The second-order valence-corrected chi connectivity index (χ2v) is 5.30. The monoisotopic (exact) mass is 241 g/mol. The van der Waals surface area contributed by atoms with Gasteiger partial charge < -0.3 is 15.8 Å². The first kappa shape index (κ1) is 12.8. The number of carbonyl (C=O) groups is 1. The third-order valence-corrected chi connectivity index (χ3v) is 3.85. The topological polar surface area (TPSA) is 67.6 Å². The molecule has 0 aromatic heterocycles. The van der Waals surface area contributed by atoms with Gasteiger partial charge in [0.05, 0.1) is 19.1 Å². The van der Waals surface area contributed by atoms with E-state index in [9.17, 15) is 4.79 Å². The highest BCUT2D eigenvalue weighted by atomic mass is 16.5. The van der Waals surface area contributed by atoms with E-state index in [0.717, 1.165) is 6.04 Å². The lowest BCUT2D eigenvalue weighted by atomic mass is 10.0. The van der Waals surface area contributed by atoms with Gasteiger partial charge in [-0.2, -0.15) is 0 Å². The van der Waals surface area contributed by atoms with Crippen LogP contribution >= 0.6 is 0 Å². The molecule has 3 N–H and O–H groups in total. The van der Waals surface area contributed by atoms with Crippen molar-refractivity contribution >= 4 is 5.91 Å². The Bertz CT molecular complexity index is 281. The first-order valence-corrected chi connectivity index (χ1v) is 6.42. The number of carbonyl (C=O) groups excluding carboxylic acids is 1. The molecule has 2 aliphatic rings. The first-order valence-electron chi connectivity index (χ1n) is 6.42. The Morgan fingerprint density at radius 1 is 1.53 bits per heavy atom. The molecule has 17 heavy (non-hydrogen) atoms. The van der Waals surface area contributed by atoms with Crippen LogP contribution in [0.25, 0.3) is 0 Å². The average molecular weight is 241 g/mol. The van der Waals surface area contributed by atoms with E-state index < -0.39 is 0 Å². The fourth-order valence-corrected chi connectivity index (χ4v) is 2.21. The van der Waals surface area contributed by atoms with Crippen LogP contribution in [0.3, 0.4) is 0 Å². The molecule has 1 heterocycles. The van der Waals surface area contributed by atoms with Crippen molar-refractivity contribution < 1.29 is 9.53 Å². The molecule has 0 radical (unpaired) electrons. The van der Waals surface area contributed by atoms with Crippen molar-refractivity contribution in [2.24, 2.45) is 11.7 Å². The maximum atomic E-state index is 11.9. The number of nitrogens with one attached hydrogen (secondary N) is 1. The number of hydrogen-bond acceptors (Lipinski definition) is 4. The van der Waals surface area contributed by atoms with Gasteiger partial charge in [-0.25, -0.2) is 0 Å². The Labute approximate surface area is 103 Å². The summed E-state index contributed by atoms with van der Waals surface area (Å²) in [6.07, 6.45) is 2.58. The lowest BCUT2D eigenvalue weighted by Gasteiger charge is -2.25. The summed E-state index contributed by atoms with van der Waals surface area (Å²) in [6, 6.07) is 0.954. The molecule has 3 unspecified atom stereocenters. The van der Waals surface area contributed by atoms with Gasteiger partial charge in [0, 0.05) is 24.7 Å². The zero-order valence-corrected chi connectivity index (χ0v) is 10.7. The zero-order chi connectivity index (χ0) is 12.4. The predicted octanol–water partition coefficient (Wildman–Crippen LogP) is -0.441. The SMILES string of the molecule is CC(CNC(=O)C1COCC1N)N(C)C1CC1. The quantitative estimate of drug-likeness (QED) is 0.685. The summed E-state index contributed by atoms with van der Waals surface area (Å²) in [6.45, 7) is 3.79. The predicted molar refractivity (Wildman–Crippen MR) is 65.5 cm³/mol. The molecule has 1 amide bonds. The average Bonchev–Trinajstić information content (AvgIpc) is 3.07. The molecule has 0 aromatic carbocycles. The summed E-state index contributed by atoms with van der Waals surface area (Å²) in [5.41, 5.74) is 5.81. The van der Waals surface area contributed by atoms with Crippen molar-refractivity contribution in [3.63, 3.8) is 0 Å². The van der Waals surface area contributed by atoms with E-state index in [0.29, 0.717) is 25.8 Å². The van der Waals surface area contributed by atoms with E-state index in [1.807, 2.05) is 0 Å². The highest BCUT2D eigenvalue weighted by Gasteiger charge is 2.32. The number of ether oxygens (including phenoxy) is 1. The van der Waals surface area contributed by atoms with Crippen molar-refractivity contribution in [2.75, 3.05) is 26.8 Å². The molecular formula is C12H23N3O2. The standard InChI is InChI=1S/C12H23N3O2/c1-8(15(2)9-3-4-9)5-14-12(16)10-6-17-7-11(10)13/h8-11H,3-7,13H2,1-2H3,(H,14,16). The fraction of sp³-hybridized carbons (Fsp3) is 0.917. The molecule has 3 atom stereocenters. The normalized spacial score (nSPS) is 30.6. The lowest BCUT2D eigenvalue weighted by molar-refractivity contribution is -0.125. The van der Waals surface area contributed by atoms with Crippen LogP contribution < -0.4 is 11.1 Å². The molecule has 5 nitrogen and oxygen atoms in total. The van der Waals surface area contributed by atoms with E-state index in [1.165, 1.54) is 12.8 Å². The molecule has 0 bridgehead atoms. The van der Waals surface area contributed by atoms with Crippen LogP contribution in [0.5, 0.6) is 0 Å². The van der Waals surface area contributed by atoms with Crippen molar-refractivity contribution in [3.8, 4) is 0 Å². The minimum atomic E-state index is -0.173. The molecule has 2 fully saturated rings. The van der Waals surface area contributed by atoms with Crippen LogP contribution in [0.4, 0.5) is 0 Å². The maximum absolute atomic E-state index is 11.9. The Morgan fingerprint density at radius 3 is 2.76 bits per heavy atom. The summed E-state index contributed by atoms with van der Waals surface area (Å²) in [5.74, 6) is -0.139. The van der Waals surface area contributed by atoms with E-state index in [1.54, 1.807) is 0 Å². The fourth-order valence-electron chi connectivity index (χ4n) is 2.21. The Balaban J connectivity index is 1.71. The largest absolute Gasteiger partial charge is 0.379 e. The summed E-state index contributed by atoms with van der Waals surface area (Å²) >= 11 is 0. The van der Waals surface area contributed by atoms with E-state index in [2.05, 4.69) is 24.2 Å². The van der Waals surface area contributed by atoms with Gasteiger partial charge in [0.2, 0.25) is 5.91 Å².